The molecule has 2 atom stereocenters. The Morgan fingerprint density at radius 1 is 1.26 bits per heavy atom. The van der Waals surface area contributed by atoms with Crippen LogP contribution in [0.5, 0.6) is 0 Å². The van der Waals surface area contributed by atoms with Gasteiger partial charge >= 0.3 is 0 Å². The van der Waals surface area contributed by atoms with E-state index >= 15 is 0 Å². The summed E-state index contributed by atoms with van der Waals surface area (Å²) in [5.41, 5.74) is 6.11. The third kappa shape index (κ3) is 4.01. The van der Waals surface area contributed by atoms with Crippen LogP contribution in [0.4, 0.5) is 5.13 Å². The van der Waals surface area contributed by atoms with Gasteiger partial charge in [0.25, 0.3) is 0 Å². The molecule has 1 aliphatic carbocycles. The van der Waals surface area contributed by atoms with Crippen LogP contribution >= 0.6 is 11.5 Å². The number of hydrogen-bond donors (Lipinski definition) is 1. The van der Waals surface area contributed by atoms with Crippen molar-refractivity contribution in [2.24, 2.45) is 11.7 Å². The lowest BCUT2D eigenvalue weighted by atomic mass is 9.99. The molecule has 1 saturated carbocycles. The van der Waals surface area contributed by atoms with Gasteiger partial charge in [0.2, 0.25) is 11.0 Å². The Balaban J connectivity index is 1.54. The molecule has 0 aromatic carbocycles. The molecule has 2 aliphatic rings. The Hall–Kier alpha value is -1.21. The van der Waals surface area contributed by atoms with Gasteiger partial charge in [-0.05, 0) is 25.2 Å². The second kappa shape index (κ2) is 7.57. The lowest BCUT2D eigenvalue weighted by Crippen LogP contribution is -2.37. The number of carbonyl (C=O) groups excluding carboxylic acids is 1. The minimum absolute atomic E-state index is 0.219. The van der Waals surface area contributed by atoms with Crippen molar-refractivity contribution >= 4 is 22.6 Å². The molecule has 128 valence electrons. The molecule has 1 amide bonds. The first-order valence-corrected chi connectivity index (χ1v) is 9.55. The van der Waals surface area contributed by atoms with E-state index in [-0.39, 0.29) is 11.9 Å². The van der Waals surface area contributed by atoms with Gasteiger partial charge in [-0.3, -0.25) is 4.79 Å². The van der Waals surface area contributed by atoms with E-state index in [1.165, 1.54) is 18.0 Å². The molecule has 0 bridgehead atoms. The average molecular weight is 337 g/mol. The fraction of sp³-hybridized carbons (Fsp3) is 0.812. The van der Waals surface area contributed by atoms with Gasteiger partial charge in [-0.15, -0.1) is 0 Å². The standard InChI is InChI=1S/C16H27N5OS/c1-2-14-18-16(23-19-14)21-8-4-7-20(9-10-21)15(22)11-12-5-3-6-13(12)17/h12-13H,2-11,17H2,1H3/t12-,13+/m0/s1. The Morgan fingerprint density at radius 3 is 2.83 bits per heavy atom. The highest BCUT2D eigenvalue weighted by atomic mass is 32.1. The molecular weight excluding hydrogens is 310 g/mol. The van der Waals surface area contributed by atoms with Crippen LogP contribution in [-0.2, 0) is 11.2 Å². The van der Waals surface area contributed by atoms with Gasteiger partial charge in [0.1, 0.15) is 5.82 Å². The molecule has 2 heterocycles. The summed E-state index contributed by atoms with van der Waals surface area (Å²) in [5.74, 6) is 1.58. The number of aromatic nitrogens is 2. The van der Waals surface area contributed by atoms with Crippen LogP contribution in [0, 0.1) is 5.92 Å². The van der Waals surface area contributed by atoms with Gasteiger partial charge in [0.15, 0.2) is 0 Å². The predicted molar refractivity (Wildman–Crippen MR) is 92.6 cm³/mol. The smallest absolute Gasteiger partial charge is 0.222 e. The Bertz CT molecular complexity index is 534. The van der Waals surface area contributed by atoms with Gasteiger partial charge in [0, 0.05) is 56.6 Å². The van der Waals surface area contributed by atoms with Gasteiger partial charge in [-0.1, -0.05) is 13.3 Å². The summed E-state index contributed by atoms with van der Waals surface area (Å²) in [6, 6.07) is 0.219. The van der Waals surface area contributed by atoms with E-state index in [1.54, 1.807) is 0 Å². The maximum atomic E-state index is 12.6. The van der Waals surface area contributed by atoms with Crippen molar-refractivity contribution in [3.05, 3.63) is 5.82 Å². The topological polar surface area (TPSA) is 75.4 Å². The maximum Gasteiger partial charge on any atom is 0.222 e. The fourth-order valence-corrected chi connectivity index (χ4v) is 4.35. The predicted octanol–water partition coefficient (Wildman–Crippen LogP) is 1.66. The number of nitrogens with zero attached hydrogens (tertiary/aromatic N) is 4. The van der Waals surface area contributed by atoms with Crippen molar-refractivity contribution in [1.29, 1.82) is 0 Å². The van der Waals surface area contributed by atoms with Crippen molar-refractivity contribution in [3.8, 4) is 0 Å². The van der Waals surface area contributed by atoms with Crippen LogP contribution < -0.4 is 10.6 Å². The molecular formula is C16H27N5OS. The summed E-state index contributed by atoms with van der Waals surface area (Å²) in [5, 5.41) is 0.994. The van der Waals surface area contributed by atoms with Crippen molar-refractivity contribution in [2.45, 2.75) is 51.5 Å². The van der Waals surface area contributed by atoms with Crippen molar-refractivity contribution in [3.63, 3.8) is 0 Å². The van der Waals surface area contributed by atoms with E-state index < -0.39 is 0 Å². The third-order valence-corrected chi connectivity index (χ3v) is 5.86. The molecule has 1 saturated heterocycles. The summed E-state index contributed by atoms with van der Waals surface area (Å²) in [7, 11) is 0. The molecule has 0 radical (unpaired) electrons. The number of hydrogen-bond acceptors (Lipinski definition) is 6. The quantitative estimate of drug-likeness (QED) is 0.904. The van der Waals surface area contributed by atoms with Crippen LogP contribution in [0.1, 0.15) is 44.9 Å². The molecule has 0 spiro atoms. The molecule has 3 rings (SSSR count). The lowest BCUT2D eigenvalue weighted by molar-refractivity contribution is -0.132. The third-order valence-electron chi connectivity index (χ3n) is 5.05. The Labute approximate surface area is 142 Å². The molecule has 6 nitrogen and oxygen atoms in total. The number of anilines is 1. The van der Waals surface area contributed by atoms with Gasteiger partial charge in [-0.2, -0.15) is 4.37 Å². The maximum absolute atomic E-state index is 12.6. The number of amides is 1. The summed E-state index contributed by atoms with van der Waals surface area (Å²) < 4.78 is 4.37. The van der Waals surface area contributed by atoms with Gasteiger partial charge < -0.3 is 15.5 Å². The molecule has 2 N–H and O–H groups in total. The highest BCUT2D eigenvalue weighted by Crippen LogP contribution is 2.27. The average Bonchev–Trinajstić information content (AvgIpc) is 3.10. The second-order valence-corrected chi connectivity index (χ2v) is 7.36. The summed E-state index contributed by atoms with van der Waals surface area (Å²) in [6.07, 6.45) is 5.84. The molecule has 23 heavy (non-hydrogen) atoms. The van der Waals surface area contributed by atoms with Gasteiger partial charge in [-0.25, -0.2) is 4.98 Å². The number of rotatable bonds is 4. The fourth-order valence-electron chi connectivity index (χ4n) is 3.55. The summed E-state index contributed by atoms with van der Waals surface area (Å²) in [4.78, 5) is 21.4. The first-order chi connectivity index (χ1) is 11.2. The van der Waals surface area contributed by atoms with E-state index in [0.717, 1.165) is 62.8 Å². The minimum Gasteiger partial charge on any atom is -0.345 e. The van der Waals surface area contributed by atoms with Crippen LogP contribution in [0.15, 0.2) is 0 Å². The van der Waals surface area contributed by atoms with Crippen molar-refractivity contribution in [1.82, 2.24) is 14.3 Å². The Kier molecular flexibility index (Phi) is 5.48. The van der Waals surface area contributed by atoms with Crippen molar-refractivity contribution < 1.29 is 4.79 Å². The Morgan fingerprint density at radius 2 is 2.13 bits per heavy atom. The molecule has 0 unspecified atom stereocenters. The van der Waals surface area contributed by atoms with Crippen molar-refractivity contribution in [2.75, 3.05) is 31.1 Å². The first-order valence-electron chi connectivity index (χ1n) is 8.78. The zero-order valence-electron chi connectivity index (χ0n) is 13.9. The number of carbonyl (C=O) groups is 1. The summed E-state index contributed by atoms with van der Waals surface area (Å²) in [6.45, 7) is 5.49. The zero-order valence-corrected chi connectivity index (χ0v) is 14.7. The molecule has 2 fully saturated rings. The minimum atomic E-state index is 0.219. The highest BCUT2D eigenvalue weighted by Gasteiger charge is 2.29. The van der Waals surface area contributed by atoms with Gasteiger partial charge in [0.05, 0.1) is 0 Å². The monoisotopic (exact) mass is 337 g/mol. The van der Waals surface area contributed by atoms with Crippen LogP contribution in [0.2, 0.25) is 0 Å². The molecule has 1 aliphatic heterocycles. The largest absolute Gasteiger partial charge is 0.345 e. The highest BCUT2D eigenvalue weighted by molar-refractivity contribution is 7.09. The second-order valence-electron chi connectivity index (χ2n) is 6.63. The normalized spacial score (nSPS) is 25.7. The van der Waals surface area contributed by atoms with Crippen LogP contribution in [0.3, 0.4) is 0 Å². The zero-order chi connectivity index (χ0) is 16.2. The molecule has 7 heteroatoms. The molecule has 1 aromatic rings. The van der Waals surface area contributed by atoms with E-state index in [4.69, 9.17) is 5.73 Å². The molecule has 1 aromatic heterocycles. The van der Waals surface area contributed by atoms with Crippen LogP contribution in [-0.4, -0.2) is 52.4 Å². The first kappa shape index (κ1) is 16.6. The number of aryl methyl sites for hydroxylation is 1. The van der Waals surface area contributed by atoms with E-state index in [2.05, 4.69) is 21.2 Å². The van der Waals surface area contributed by atoms with E-state index in [9.17, 15) is 4.79 Å². The summed E-state index contributed by atoms with van der Waals surface area (Å²) >= 11 is 1.47. The van der Waals surface area contributed by atoms with E-state index in [0.29, 0.717) is 12.3 Å². The lowest BCUT2D eigenvalue weighted by Gasteiger charge is -2.24. The number of nitrogens with two attached hydrogens (primary N) is 1. The van der Waals surface area contributed by atoms with Crippen LogP contribution in [0.25, 0.3) is 0 Å². The van der Waals surface area contributed by atoms with E-state index in [1.807, 2.05) is 4.90 Å². The SMILES string of the molecule is CCc1nsc(N2CCCN(C(=O)C[C@@H]3CCC[C@H]3N)CC2)n1.